The first kappa shape index (κ1) is 20.7. The van der Waals surface area contributed by atoms with Gasteiger partial charge in [-0.3, -0.25) is 4.90 Å². The van der Waals surface area contributed by atoms with Gasteiger partial charge in [-0.25, -0.2) is 8.78 Å². The van der Waals surface area contributed by atoms with Crippen LogP contribution in [0, 0.1) is 23.5 Å². The van der Waals surface area contributed by atoms with Crippen molar-refractivity contribution in [1.82, 2.24) is 4.90 Å². The molecule has 1 nitrogen and oxygen atoms in total. The lowest BCUT2D eigenvalue weighted by Gasteiger charge is -2.15. The minimum absolute atomic E-state index is 0. The molecule has 138 valence electrons. The highest BCUT2D eigenvalue weighted by Crippen LogP contribution is 2.33. The molecule has 1 heterocycles. The van der Waals surface area contributed by atoms with Gasteiger partial charge in [-0.1, -0.05) is 66.6 Å². The molecule has 0 aliphatic carbocycles. The van der Waals surface area contributed by atoms with Crippen molar-refractivity contribution in [3.05, 3.63) is 58.6 Å². The Balaban J connectivity index is 0.00000243. The van der Waals surface area contributed by atoms with Crippen molar-refractivity contribution in [2.45, 2.75) is 25.7 Å². The molecule has 0 amide bonds. The zero-order chi connectivity index (χ0) is 17.6. The number of rotatable bonds is 2. The Bertz CT molecular complexity index is 789. The fraction of sp³-hybridized carbons (Fsp3) is 0.333. The molecular formula is C21H21Cl2F2N. The van der Waals surface area contributed by atoms with E-state index < -0.39 is 11.6 Å². The predicted molar refractivity (Wildman–Crippen MR) is 106 cm³/mol. The molecule has 1 fully saturated rings. The van der Waals surface area contributed by atoms with Crippen molar-refractivity contribution in [2.75, 3.05) is 19.6 Å². The minimum Gasteiger partial charge on any atom is -0.292 e. The molecule has 0 N–H and O–H groups in total. The summed E-state index contributed by atoms with van der Waals surface area (Å²) in [7, 11) is 0. The molecule has 0 atom stereocenters. The largest absolute Gasteiger partial charge is 0.292 e. The Kier molecular flexibility index (Phi) is 7.90. The quantitative estimate of drug-likeness (QED) is 0.449. The average Bonchev–Trinajstić information content (AvgIpc) is 2.90. The van der Waals surface area contributed by atoms with E-state index in [1.54, 1.807) is 24.3 Å². The minimum atomic E-state index is -0.788. The number of hydrogen-bond acceptors (Lipinski definition) is 1. The van der Waals surface area contributed by atoms with E-state index in [1.165, 1.54) is 18.9 Å². The van der Waals surface area contributed by atoms with Crippen LogP contribution < -0.4 is 0 Å². The van der Waals surface area contributed by atoms with Crippen LogP contribution in [0.3, 0.4) is 0 Å². The van der Waals surface area contributed by atoms with Crippen molar-refractivity contribution < 1.29 is 8.78 Å². The number of hydrogen-bond donors (Lipinski definition) is 0. The van der Waals surface area contributed by atoms with Crippen LogP contribution >= 0.6 is 24.0 Å². The zero-order valence-corrected chi connectivity index (χ0v) is 16.0. The maximum Gasteiger partial charge on any atom is 0.160 e. The lowest BCUT2D eigenvalue weighted by Crippen LogP contribution is -2.24. The number of nitrogens with zero attached hydrogens (tertiary/aromatic N) is 1. The van der Waals surface area contributed by atoms with Crippen LogP contribution in [0.2, 0.25) is 5.02 Å². The van der Waals surface area contributed by atoms with Crippen LogP contribution in [0.25, 0.3) is 11.1 Å². The summed E-state index contributed by atoms with van der Waals surface area (Å²) in [6, 6.07) is 10.2. The zero-order valence-electron chi connectivity index (χ0n) is 14.4. The van der Waals surface area contributed by atoms with Crippen molar-refractivity contribution >= 4 is 24.0 Å². The van der Waals surface area contributed by atoms with E-state index in [9.17, 15) is 8.78 Å². The first-order chi connectivity index (χ1) is 12.2. The fourth-order valence-corrected chi connectivity index (χ4v) is 3.33. The number of halogens is 4. The van der Waals surface area contributed by atoms with E-state index in [2.05, 4.69) is 16.7 Å². The Morgan fingerprint density at radius 1 is 1.00 bits per heavy atom. The summed E-state index contributed by atoms with van der Waals surface area (Å²) in [5.74, 6) is 4.08. The van der Waals surface area contributed by atoms with E-state index in [0.717, 1.165) is 25.9 Å². The second-order valence-electron chi connectivity index (χ2n) is 6.27. The molecule has 3 rings (SSSR count). The molecule has 0 saturated carbocycles. The van der Waals surface area contributed by atoms with E-state index in [4.69, 9.17) is 11.6 Å². The van der Waals surface area contributed by atoms with Gasteiger partial charge in [0.15, 0.2) is 5.82 Å². The number of likely N-dealkylation sites (tertiary alicyclic amines) is 1. The summed E-state index contributed by atoms with van der Waals surface area (Å²) in [4.78, 5) is 2.23. The van der Waals surface area contributed by atoms with Crippen molar-refractivity contribution in [2.24, 2.45) is 0 Å². The molecule has 2 aromatic rings. The van der Waals surface area contributed by atoms with Crippen LogP contribution in [0.15, 0.2) is 36.4 Å². The molecule has 0 bridgehead atoms. The summed E-state index contributed by atoms with van der Waals surface area (Å²) >= 11 is 6.13. The Hall–Kier alpha value is -1.60. The SMILES string of the molecule is Cl.Fc1cc(-c2ccccc2)c(Cl)c(F)c1C#CCN1CCCCCC1. The molecule has 0 aromatic heterocycles. The second-order valence-corrected chi connectivity index (χ2v) is 6.65. The smallest absolute Gasteiger partial charge is 0.160 e. The summed E-state index contributed by atoms with van der Waals surface area (Å²) < 4.78 is 28.9. The van der Waals surface area contributed by atoms with Crippen molar-refractivity contribution in [3.8, 4) is 23.0 Å². The standard InChI is InChI=1S/C21H20ClF2N.ClH/c22-20-18(16-9-4-3-5-10-16)15-19(23)17(21(20)24)11-8-14-25-12-6-1-2-7-13-25;/h3-5,9-10,15H,1-2,6-7,12-14H2;1H. The maximum atomic E-state index is 14.6. The molecule has 2 aromatic carbocycles. The van der Waals surface area contributed by atoms with Gasteiger partial charge in [-0.2, -0.15) is 0 Å². The highest BCUT2D eigenvalue weighted by atomic mass is 35.5. The Morgan fingerprint density at radius 2 is 1.65 bits per heavy atom. The van der Waals surface area contributed by atoms with Gasteiger partial charge in [0.1, 0.15) is 5.82 Å². The molecule has 1 aliphatic heterocycles. The first-order valence-electron chi connectivity index (χ1n) is 8.61. The molecule has 0 unspecified atom stereocenters. The third-order valence-corrected chi connectivity index (χ3v) is 4.83. The Morgan fingerprint density at radius 3 is 2.31 bits per heavy atom. The molecule has 0 radical (unpaired) electrons. The van der Waals surface area contributed by atoms with Crippen molar-refractivity contribution in [1.29, 1.82) is 0 Å². The summed E-state index contributed by atoms with van der Waals surface area (Å²) in [5.41, 5.74) is 0.768. The van der Waals surface area contributed by atoms with Crippen LogP contribution in [0.1, 0.15) is 31.2 Å². The fourth-order valence-electron chi connectivity index (χ4n) is 3.07. The van der Waals surface area contributed by atoms with Gasteiger partial charge in [-0.05, 0) is 37.6 Å². The summed E-state index contributed by atoms with van der Waals surface area (Å²) in [6.45, 7) is 2.51. The van der Waals surface area contributed by atoms with E-state index in [-0.39, 0.29) is 23.0 Å². The van der Waals surface area contributed by atoms with E-state index >= 15 is 0 Å². The van der Waals surface area contributed by atoms with Crippen molar-refractivity contribution in [3.63, 3.8) is 0 Å². The first-order valence-corrected chi connectivity index (χ1v) is 8.99. The normalized spacial score (nSPS) is 14.7. The topological polar surface area (TPSA) is 3.24 Å². The molecule has 1 aliphatic rings. The number of benzene rings is 2. The highest BCUT2D eigenvalue weighted by molar-refractivity contribution is 6.33. The van der Waals surface area contributed by atoms with Crippen LogP contribution in [-0.4, -0.2) is 24.5 Å². The average molecular weight is 396 g/mol. The van der Waals surface area contributed by atoms with Gasteiger partial charge in [-0.15, -0.1) is 12.4 Å². The van der Waals surface area contributed by atoms with Gasteiger partial charge in [0.2, 0.25) is 0 Å². The predicted octanol–water partition coefficient (Wildman–Crippen LogP) is 5.93. The van der Waals surface area contributed by atoms with Crippen LogP contribution in [0.4, 0.5) is 8.78 Å². The monoisotopic (exact) mass is 395 g/mol. The summed E-state index contributed by atoms with van der Waals surface area (Å²) in [5, 5.41) is -0.0910. The van der Waals surface area contributed by atoms with E-state index in [1.807, 2.05) is 6.07 Å². The van der Waals surface area contributed by atoms with Gasteiger partial charge < -0.3 is 0 Å². The molecule has 1 saturated heterocycles. The maximum absolute atomic E-state index is 14.6. The molecule has 5 heteroatoms. The summed E-state index contributed by atoms with van der Waals surface area (Å²) in [6.07, 6.45) is 4.79. The van der Waals surface area contributed by atoms with Gasteiger partial charge in [0, 0.05) is 5.56 Å². The van der Waals surface area contributed by atoms with Gasteiger partial charge >= 0.3 is 0 Å². The Labute approximate surface area is 164 Å². The van der Waals surface area contributed by atoms with Gasteiger partial charge in [0.05, 0.1) is 17.1 Å². The highest BCUT2D eigenvalue weighted by Gasteiger charge is 2.17. The lowest BCUT2D eigenvalue weighted by molar-refractivity contribution is 0.320. The van der Waals surface area contributed by atoms with Gasteiger partial charge in [0.25, 0.3) is 0 Å². The van der Waals surface area contributed by atoms with Crippen LogP contribution in [0.5, 0.6) is 0 Å². The van der Waals surface area contributed by atoms with Crippen LogP contribution in [-0.2, 0) is 0 Å². The molecular weight excluding hydrogens is 375 g/mol. The molecule has 0 spiro atoms. The second kappa shape index (κ2) is 9.92. The third-order valence-electron chi connectivity index (χ3n) is 4.46. The third kappa shape index (κ3) is 4.98. The molecule has 26 heavy (non-hydrogen) atoms. The lowest BCUT2D eigenvalue weighted by atomic mass is 10.0. The van der Waals surface area contributed by atoms with E-state index in [0.29, 0.717) is 17.7 Å².